The number of fused-ring (bicyclic) bond motifs is 1. The summed E-state index contributed by atoms with van der Waals surface area (Å²) < 4.78 is 5.57. The first-order chi connectivity index (χ1) is 12.1. The molecule has 0 amide bonds. The summed E-state index contributed by atoms with van der Waals surface area (Å²) in [5.74, 6) is 1.88. The summed E-state index contributed by atoms with van der Waals surface area (Å²) in [6, 6.07) is 9.50. The third-order valence-corrected chi connectivity index (χ3v) is 5.67. The van der Waals surface area contributed by atoms with E-state index >= 15 is 0 Å². The van der Waals surface area contributed by atoms with Gasteiger partial charge in [0.15, 0.2) is 5.78 Å². The Morgan fingerprint density at radius 1 is 1.28 bits per heavy atom. The normalized spacial score (nSPS) is 11.0. The van der Waals surface area contributed by atoms with Gasteiger partial charge in [-0.05, 0) is 44.2 Å². The van der Waals surface area contributed by atoms with Crippen LogP contribution in [-0.2, 0) is 6.54 Å². The molecule has 0 atom stereocenters. The number of hydrogen-bond acceptors (Lipinski definition) is 7. The maximum absolute atomic E-state index is 12.4. The van der Waals surface area contributed by atoms with Crippen LogP contribution in [0.4, 0.5) is 0 Å². The predicted octanol–water partition coefficient (Wildman–Crippen LogP) is 3.83. The summed E-state index contributed by atoms with van der Waals surface area (Å²) in [6.45, 7) is 4.86. The van der Waals surface area contributed by atoms with Gasteiger partial charge in [-0.3, -0.25) is 4.79 Å². The number of ketones is 1. The van der Waals surface area contributed by atoms with Crippen LogP contribution >= 0.6 is 23.1 Å². The van der Waals surface area contributed by atoms with E-state index in [0.717, 1.165) is 31.4 Å². The molecule has 7 heteroatoms. The van der Waals surface area contributed by atoms with Gasteiger partial charge < -0.3 is 10.5 Å². The molecule has 0 aliphatic carbocycles. The molecule has 0 aliphatic rings. The van der Waals surface area contributed by atoms with Gasteiger partial charge in [-0.15, -0.1) is 11.3 Å². The monoisotopic (exact) mass is 373 g/mol. The largest absolute Gasteiger partial charge is 0.494 e. The molecule has 0 saturated heterocycles. The van der Waals surface area contributed by atoms with Crippen molar-refractivity contribution in [3.8, 4) is 5.75 Å². The highest BCUT2D eigenvalue weighted by Gasteiger charge is 2.13. The number of aryl methyl sites for hydroxylation is 1. The van der Waals surface area contributed by atoms with Crippen molar-refractivity contribution in [1.82, 2.24) is 9.97 Å². The lowest BCUT2D eigenvalue weighted by atomic mass is 10.2. The zero-order valence-electron chi connectivity index (χ0n) is 14.1. The van der Waals surface area contributed by atoms with Crippen molar-refractivity contribution >= 4 is 39.8 Å². The Hall–Kier alpha value is -1.96. The van der Waals surface area contributed by atoms with E-state index in [1.807, 2.05) is 44.2 Å². The van der Waals surface area contributed by atoms with E-state index in [4.69, 9.17) is 10.5 Å². The smallest absolute Gasteiger partial charge is 0.183 e. The number of nitrogens with two attached hydrogens (primary N) is 1. The number of Topliss-reactive ketones (excluding diaryl/α,β-unsaturated/α-hetero) is 1. The molecule has 5 nitrogen and oxygen atoms in total. The first-order valence-electron chi connectivity index (χ1n) is 7.96. The standard InChI is InChI=1S/C18H19N3O2S2/c1-3-23-12-4-6-15-14(8-12)18(21-11(2)20-15)24-10-16(22)17-7-5-13(9-19)25-17/h4-8H,3,9-10,19H2,1-2H3. The number of thioether (sulfide) groups is 1. The maximum atomic E-state index is 12.4. The maximum Gasteiger partial charge on any atom is 0.183 e. The molecule has 1 aromatic carbocycles. The molecular weight excluding hydrogens is 354 g/mol. The van der Waals surface area contributed by atoms with E-state index < -0.39 is 0 Å². The fourth-order valence-electron chi connectivity index (χ4n) is 2.40. The Bertz CT molecular complexity index is 908. The van der Waals surface area contributed by atoms with Gasteiger partial charge in [-0.25, -0.2) is 9.97 Å². The lowest BCUT2D eigenvalue weighted by Crippen LogP contribution is -2.01. The summed E-state index contributed by atoms with van der Waals surface area (Å²) in [5, 5.41) is 1.70. The minimum atomic E-state index is 0.0834. The van der Waals surface area contributed by atoms with E-state index in [0.29, 0.717) is 24.7 Å². The van der Waals surface area contributed by atoms with Crippen molar-refractivity contribution in [2.45, 2.75) is 25.4 Å². The molecule has 0 bridgehead atoms. The van der Waals surface area contributed by atoms with Crippen LogP contribution in [0.25, 0.3) is 10.9 Å². The zero-order chi connectivity index (χ0) is 17.8. The van der Waals surface area contributed by atoms with E-state index in [-0.39, 0.29) is 5.78 Å². The molecule has 2 aromatic heterocycles. The van der Waals surface area contributed by atoms with Crippen LogP contribution < -0.4 is 10.5 Å². The predicted molar refractivity (Wildman–Crippen MR) is 103 cm³/mol. The lowest BCUT2D eigenvalue weighted by Gasteiger charge is -2.08. The summed E-state index contributed by atoms with van der Waals surface area (Å²) in [4.78, 5) is 23.1. The molecule has 0 aliphatic heterocycles. The van der Waals surface area contributed by atoms with E-state index in [1.54, 1.807) is 0 Å². The molecule has 2 N–H and O–H groups in total. The molecule has 3 rings (SSSR count). The average Bonchev–Trinajstić information content (AvgIpc) is 3.09. The summed E-state index contributed by atoms with van der Waals surface area (Å²) in [5.41, 5.74) is 6.47. The fourth-order valence-corrected chi connectivity index (χ4v) is 4.25. The summed E-state index contributed by atoms with van der Waals surface area (Å²) in [6.07, 6.45) is 0. The second-order valence-corrected chi connectivity index (χ2v) is 7.50. The quantitative estimate of drug-likeness (QED) is 0.385. The van der Waals surface area contributed by atoms with Crippen LogP contribution in [0.15, 0.2) is 35.4 Å². The van der Waals surface area contributed by atoms with Crippen molar-refractivity contribution in [2.24, 2.45) is 5.73 Å². The average molecular weight is 374 g/mol. The van der Waals surface area contributed by atoms with Gasteiger partial charge >= 0.3 is 0 Å². The molecule has 0 unspecified atom stereocenters. The Morgan fingerprint density at radius 2 is 2.12 bits per heavy atom. The lowest BCUT2D eigenvalue weighted by molar-refractivity contribution is 0.102. The van der Waals surface area contributed by atoms with Crippen LogP contribution in [0.5, 0.6) is 5.75 Å². The molecule has 0 fully saturated rings. The van der Waals surface area contributed by atoms with E-state index in [1.165, 1.54) is 23.1 Å². The van der Waals surface area contributed by atoms with Gasteiger partial charge in [0.2, 0.25) is 0 Å². The van der Waals surface area contributed by atoms with Gasteiger partial charge in [0.25, 0.3) is 0 Å². The van der Waals surface area contributed by atoms with Crippen molar-refractivity contribution in [3.05, 3.63) is 45.9 Å². The van der Waals surface area contributed by atoms with Crippen LogP contribution in [0.3, 0.4) is 0 Å². The Balaban J connectivity index is 1.84. The fraction of sp³-hybridized carbons (Fsp3) is 0.278. The molecule has 3 aromatic rings. The highest BCUT2D eigenvalue weighted by Crippen LogP contribution is 2.29. The highest BCUT2D eigenvalue weighted by atomic mass is 32.2. The third kappa shape index (κ3) is 4.18. The number of nitrogens with zero attached hydrogens (tertiary/aromatic N) is 2. The van der Waals surface area contributed by atoms with Gasteiger partial charge in [-0.1, -0.05) is 11.8 Å². The van der Waals surface area contributed by atoms with Crippen LogP contribution in [0.2, 0.25) is 0 Å². The Morgan fingerprint density at radius 3 is 2.84 bits per heavy atom. The van der Waals surface area contributed by atoms with E-state index in [9.17, 15) is 4.79 Å². The van der Waals surface area contributed by atoms with Crippen LogP contribution in [-0.4, -0.2) is 28.1 Å². The number of aromatic nitrogens is 2. The van der Waals surface area contributed by atoms with Gasteiger partial charge in [0, 0.05) is 16.8 Å². The molecule has 0 spiro atoms. The molecule has 2 heterocycles. The summed E-state index contributed by atoms with van der Waals surface area (Å²) in [7, 11) is 0. The van der Waals surface area contributed by atoms with Crippen molar-refractivity contribution in [1.29, 1.82) is 0 Å². The molecule has 25 heavy (non-hydrogen) atoms. The number of ether oxygens (including phenoxy) is 1. The molecule has 130 valence electrons. The van der Waals surface area contributed by atoms with Crippen molar-refractivity contribution in [3.63, 3.8) is 0 Å². The van der Waals surface area contributed by atoms with Crippen LogP contribution in [0.1, 0.15) is 27.3 Å². The second-order valence-electron chi connectivity index (χ2n) is 5.37. The molecule has 0 saturated carbocycles. The van der Waals surface area contributed by atoms with Gasteiger partial charge in [0.1, 0.15) is 16.6 Å². The van der Waals surface area contributed by atoms with Crippen LogP contribution in [0, 0.1) is 6.92 Å². The number of rotatable bonds is 7. The zero-order valence-corrected chi connectivity index (χ0v) is 15.7. The van der Waals surface area contributed by atoms with Gasteiger partial charge in [-0.2, -0.15) is 0 Å². The number of benzene rings is 1. The topological polar surface area (TPSA) is 78.1 Å². The number of hydrogen-bond donors (Lipinski definition) is 1. The summed E-state index contributed by atoms with van der Waals surface area (Å²) >= 11 is 2.88. The second kappa shape index (κ2) is 7.95. The molecule has 0 radical (unpaired) electrons. The Kier molecular flexibility index (Phi) is 5.67. The minimum Gasteiger partial charge on any atom is -0.494 e. The SMILES string of the molecule is CCOc1ccc2nc(C)nc(SCC(=O)c3ccc(CN)s3)c2c1. The first-order valence-corrected chi connectivity index (χ1v) is 9.77. The first kappa shape index (κ1) is 17.8. The van der Waals surface area contributed by atoms with Gasteiger partial charge in [0.05, 0.1) is 22.8 Å². The Labute approximate surface area is 154 Å². The van der Waals surface area contributed by atoms with Crippen molar-refractivity contribution in [2.75, 3.05) is 12.4 Å². The minimum absolute atomic E-state index is 0.0834. The number of carbonyl (C=O) groups is 1. The van der Waals surface area contributed by atoms with E-state index in [2.05, 4.69) is 9.97 Å². The third-order valence-electron chi connectivity index (χ3n) is 3.53. The number of thiophene rings is 1. The number of carbonyl (C=O) groups excluding carboxylic acids is 1. The van der Waals surface area contributed by atoms with Crippen molar-refractivity contribution < 1.29 is 9.53 Å². The molecular formula is C18H19N3O2S2. The highest BCUT2D eigenvalue weighted by molar-refractivity contribution is 8.00.